The summed E-state index contributed by atoms with van der Waals surface area (Å²) in [7, 11) is 0. The van der Waals surface area contributed by atoms with Gasteiger partial charge >= 0.3 is 0 Å². The summed E-state index contributed by atoms with van der Waals surface area (Å²) in [5.74, 6) is 0.708. The number of para-hydroxylation sites is 3. The number of hydrogen-bond donors (Lipinski definition) is 0. The maximum atomic E-state index is 5.33. The molecule has 64 heavy (non-hydrogen) atoms. The molecule has 13 aromatic rings. The van der Waals surface area contributed by atoms with Crippen LogP contribution in [0.4, 0.5) is 0 Å². The predicted molar refractivity (Wildman–Crippen MR) is 267 cm³/mol. The fourth-order valence-corrected chi connectivity index (χ4v) is 9.95. The lowest BCUT2D eigenvalue weighted by atomic mass is 9.98. The molecular formula is C60H38N4. The van der Waals surface area contributed by atoms with E-state index in [2.05, 4.69) is 234 Å². The standard InChI is InChI=1S/C60H38N4/c1-3-14-39(15-4-1)40-26-28-43(29-27-40)60-61-58(52-37-32-41-16-7-8-19-48(41)59(52)62-60)42-30-34-46(35-31-42)63-54-24-12-10-21-51(54)57-47(22-13-25-55(57)63)44-33-36-50-49-20-9-11-23-53(49)64(56(50)38-44)45-17-5-2-6-18-45/h1-38H. The van der Waals surface area contributed by atoms with Crippen LogP contribution in [0.25, 0.3) is 122 Å². The van der Waals surface area contributed by atoms with E-state index in [9.17, 15) is 0 Å². The minimum atomic E-state index is 0.708. The molecule has 0 amide bonds. The molecule has 298 valence electrons. The van der Waals surface area contributed by atoms with Gasteiger partial charge in [-0.1, -0.05) is 176 Å². The fraction of sp³-hybridized carbons (Fsp3) is 0. The molecule has 10 aromatic carbocycles. The van der Waals surface area contributed by atoms with Crippen molar-refractivity contribution < 1.29 is 0 Å². The molecule has 0 aliphatic carbocycles. The van der Waals surface area contributed by atoms with Gasteiger partial charge in [0, 0.05) is 54.8 Å². The van der Waals surface area contributed by atoms with Gasteiger partial charge in [0.25, 0.3) is 0 Å². The van der Waals surface area contributed by atoms with E-state index in [0.29, 0.717) is 5.82 Å². The molecule has 4 heteroatoms. The lowest BCUT2D eigenvalue weighted by Gasteiger charge is -2.13. The van der Waals surface area contributed by atoms with Crippen LogP contribution in [0.5, 0.6) is 0 Å². The molecule has 0 bridgehead atoms. The Labute approximate surface area is 369 Å². The zero-order valence-electron chi connectivity index (χ0n) is 34.7. The third-order valence-corrected chi connectivity index (χ3v) is 12.9. The van der Waals surface area contributed by atoms with E-state index in [1.165, 1.54) is 49.3 Å². The highest BCUT2D eigenvalue weighted by Gasteiger charge is 2.20. The Morgan fingerprint density at radius 3 is 1.64 bits per heavy atom. The summed E-state index contributed by atoms with van der Waals surface area (Å²) in [5.41, 5.74) is 15.6. The van der Waals surface area contributed by atoms with Gasteiger partial charge in [-0.05, 0) is 82.2 Å². The summed E-state index contributed by atoms with van der Waals surface area (Å²) in [5, 5.41) is 8.26. The van der Waals surface area contributed by atoms with Crippen LogP contribution >= 0.6 is 0 Å². The highest BCUT2D eigenvalue weighted by atomic mass is 15.0. The van der Waals surface area contributed by atoms with Gasteiger partial charge in [-0.3, -0.25) is 0 Å². The molecule has 0 aliphatic heterocycles. The van der Waals surface area contributed by atoms with Gasteiger partial charge < -0.3 is 9.13 Å². The van der Waals surface area contributed by atoms with Crippen LogP contribution < -0.4 is 0 Å². The Bertz CT molecular complexity index is 3920. The largest absolute Gasteiger partial charge is 0.309 e. The Balaban J connectivity index is 0.953. The number of rotatable bonds is 6. The Morgan fingerprint density at radius 2 is 0.844 bits per heavy atom. The van der Waals surface area contributed by atoms with Crippen molar-refractivity contribution in [3.8, 4) is 56.3 Å². The van der Waals surface area contributed by atoms with Gasteiger partial charge in [0.1, 0.15) is 0 Å². The van der Waals surface area contributed by atoms with Gasteiger partial charge in [0.2, 0.25) is 0 Å². The van der Waals surface area contributed by atoms with Crippen molar-refractivity contribution in [1.82, 2.24) is 19.1 Å². The van der Waals surface area contributed by atoms with E-state index in [0.717, 1.165) is 66.5 Å². The van der Waals surface area contributed by atoms with E-state index in [4.69, 9.17) is 9.97 Å². The Hall–Kier alpha value is -8.60. The zero-order valence-corrected chi connectivity index (χ0v) is 34.7. The maximum absolute atomic E-state index is 5.33. The number of hydrogen-bond acceptors (Lipinski definition) is 2. The molecule has 3 heterocycles. The summed E-state index contributed by atoms with van der Waals surface area (Å²) in [6.45, 7) is 0. The van der Waals surface area contributed by atoms with Crippen molar-refractivity contribution >= 4 is 65.3 Å². The lowest BCUT2D eigenvalue weighted by molar-refractivity contribution is 1.18. The molecule has 0 aliphatic rings. The first kappa shape index (κ1) is 36.1. The van der Waals surface area contributed by atoms with E-state index in [-0.39, 0.29) is 0 Å². The van der Waals surface area contributed by atoms with E-state index in [1.54, 1.807) is 0 Å². The minimum absolute atomic E-state index is 0.708. The van der Waals surface area contributed by atoms with Crippen LogP contribution in [-0.2, 0) is 0 Å². The number of benzene rings is 10. The van der Waals surface area contributed by atoms with Crippen LogP contribution in [0, 0.1) is 0 Å². The minimum Gasteiger partial charge on any atom is -0.309 e. The molecule has 3 aromatic heterocycles. The first-order chi connectivity index (χ1) is 31.7. The third-order valence-electron chi connectivity index (χ3n) is 12.9. The van der Waals surface area contributed by atoms with Crippen molar-refractivity contribution in [3.63, 3.8) is 0 Å². The number of aromatic nitrogens is 4. The first-order valence-electron chi connectivity index (χ1n) is 21.8. The quantitative estimate of drug-likeness (QED) is 0.157. The topological polar surface area (TPSA) is 35.6 Å². The van der Waals surface area contributed by atoms with Crippen molar-refractivity contribution in [3.05, 3.63) is 231 Å². The maximum Gasteiger partial charge on any atom is 0.160 e. The van der Waals surface area contributed by atoms with Crippen molar-refractivity contribution in [2.75, 3.05) is 0 Å². The fourth-order valence-electron chi connectivity index (χ4n) is 9.95. The average molecular weight is 815 g/mol. The van der Waals surface area contributed by atoms with E-state index >= 15 is 0 Å². The van der Waals surface area contributed by atoms with Gasteiger partial charge in [-0.25, -0.2) is 9.97 Å². The third kappa shape index (κ3) is 5.70. The summed E-state index contributed by atoms with van der Waals surface area (Å²) < 4.78 is 4.80. The zero-order chi connectivity index (χ0) is 42.1. The molecule has 4 nitrogen and oxygen atoms in total. The van der Waals surface area contributed by atoms with Crippen molar-refractivity contribution in [1.29, 1.82) is 0 Å². The van der Waals surface area contributed by atoms with E-state index in [1.807, 2.05) is 6.07 Å². The number of nitrogens with zero attached hydrogens (tertiary/aromatic N) is 4. The average Bonchev–Trinajstić information content (AvgIpc) is 3.89. The second-order valence-corrected chi connectivity index (χ2v) is 16.5. The second kappa shape index (κ2) is 14.5. The van der Waals surface area contributed by atoms with Gasteiger partial charge in [-0.2, -0.15) is 0 Å². The monoisotopic (exact) mass is 814 g/mol. The van der Waals surface area contributed by atoms with Crippen LogP contribution in [0.3, 0.4) is 0 Å². The molecule has 0 saturated heterocycles. The second-order valence-electron chi connectivity index (χ2n) is 16.5. The van der Waals surface area contributed by atoms with E-state index < -0.39 is 0 Å². The Kier molecular flexibility index (Phi) is 8.18. The van der Waals surface area contributed by atoms with Gasteiger partial charge in [-0.15, -0.1) is 0 Å². The predicted octanol–water partition coefficient (Wildman–Crippen LogP) is 15.6. The van der Waals surface area contributed by atoms with Crippen LogP contribution in [-0.4, -0.2) is 19.1 Å². The first-order valence-corrected chi connectivity index (χ1v) is 21.8. The van der Waals surface area contributed by atoms with Gasteiger partial charge in [0.05, 0.1) is 33.3 Å². The Morgan fingerprint density at radius 1 is 0.297 bits per heavy atom. The van der Waals surface area contributed by atoms with Crippen LogP contribution in [0.2, 0.25) is 0 Å². The SMILES string of the molecule is c1ccc(-c2ccc(-c3nc(-c4ccc(-n5c6ccccc6c6c(-c7ccc8c9ccccc9n(-c9ccccc9)c8c7)cccc65)cc4)c4ccc5ccccc5c4n3)cc2)cc1. The number of fused-ring (bicyclic) bond motifs is 9. The highest BCUT2D eigenvalue weighted by Crippen LogP contribution is 2.42. The van der Waals surface area contributed by atoms with Crippen LogP contribution in [0.1, 0.15) is 0 Å². The normalized spacial score (nSPS) is 11.8. The molecule has 0 radical (unpaired) electrons. The highest BCUT2D eigenvalue weighted by molar-refractivity contribution is 6.17. The smallest absolute Gasteiger partial charge is 0.160 e. The molecular weight excluding hydrogens is 777 g/mol. The summed E-state index contributed by atoms with van der Waals surface area (Å²) in [6.07, 6.45) is 0. The van der Waals surface area contributed by atoms with Crippen molar-refractivity contribution in [2.24, 2.45) is 0 Å². The molecule has 0 unspecified atom stereocenters. The molecule has 0 fully saturated rings. The van der Waals surface area contributed by atoms with Gasteiger partial charge in [0.15, 0.2) is 5.82 Å². The lowest BCUT2D eigenvalue weighted by Crippen LogP contribution is -1.97. The molecule has 13 rings (SSSR count). The molecule has 0 spiro atoms. The molecule has 0 N–H and O–H groups in total. The molecule has 0 atom stereocenters. The summed E-state index contributed by atoms with van der Waals surface area (Å²) in [6, 6.07) is 82.7. The summed E-state index contributed by atoms with van der Waals surface area (Å²) >= 11 is 0. The van der Waals surface area contributed by atoms with Crippen LogP contribution in [0.15, 0.2) is 231 Å². The molecule has 0 saturated carbocycles. The summed E-state index contributed by atoms with van der Waals surface area (Å²) in [4.78, 5) is 10.6. The van der Waals surface area contributed by atoms with Crippen molar-refractivity contribution in [2.45, 2.75) is 0 Å².